The van der Waals surface area contributed by atoms with Gasteiger partial charge in [0.2, 0.25) is 0 Å². The van der Waals surface area contributed by atoms with E-state index >= 15 is 0 Å². The number of ether oxygens (including phenoxy) is 2. The quantitative estimate of drug-likeness (QED) is 0.415. The number of nitrogens with one attached hydrogen (secondary N) is 1. The van der Waals surface area contributed by atoms with E-state index < -0.39 is 0 Å². The first-order chi connectivity index (χ1) is 16.1. The Morgan fingerprint density at radius 2 is 2.00 bits per heavy atom. The van der Waals surface area contributed by atoms with Gasteiger partial charge in [0.1, 0.15) is 12.0 Å². The van der Waals surface area contributed by atoms with Gasteiger partial charge in [-0.05, 0) is 36.2 Å². The molecular formula is C23H24N6O4. The maximum Gasteiger partial charge on any atom is 0.271 e. The van der Waals surface area contributed by atoms with E-state index in [1.54, 1.807) is 37.2 Å². The van der Waals surface area contributed by atoms with Crippen molar-refractivity contribution in [3.05, 3.63) is 66.1 Å². The summed E-state index contributed by atoms with van der Waals surface area (Å²) in [5.74, 6) is 2.55. The number of rotatable bonds is 9. The summed E-state index contributed by atoms with van der Waals surface area (Å²) in [6, 6.07) is 9.29. The van der Waals surface area contributed by atoms with Crippen molar-refractivity contribution in [2.75, 3.05) is 20.8 Å². The van der Waals surface area contributed by atoms with Crippen molar-refractivity contribution in [2.45, 2.75) is 19.8 Å². The van der Waals surface area contributed by atoms with E-state index in [-0.39, 0.29) is 11.6 Å². The molecule has 33 heavy (non-hydrogen) atoms. The van der Waals surface area contributed by atoms with Crippen molar-refractivity contribution in [2.24, 2.45) is 0 Å². The fraction of sp³-hybridized carbons (Fsp3) is 0.261. The molecule has 0 bridgehead atoms. The van der Waals surface area contributed by atoms with E-state index in [1.807, 2.05) is 31.2 Å². The summed E-state index contributed by atoms with van der Waals surface area (Å²) >= 11 is 0. The number of benzene rings is 1. The van der Waals surface area contributed by atoms with Crippen LogP contribution in [0.3, 0.4) is 0 Å². The number of nitrogens with zero attached hydrogens (tertiary/aromatic N) is 5. The van der Waals surface area contributed by atoms with Crippen LogP contribution >= 0.6 is 0 Å². The fourth-order valence-corrected chi connectivity index (χ4v) is 3.28. The standard InChI is InChI=1S/C23H24N6O4/c1-4-20-27-23(33-28-20)16-6-5-10-24-21(16)29-13-17(26-14-29)22(30)25-11-9-15-7-8-18(31-2)19(12-15)32-3/h5-8,10,12-14H,4,9,11H2,1-3H3,(H,25,30). The Labute approximate surface area is 190 Å². The zero-order valence-electron chi connectivity index (χ0n) is 18.6. The van der Waals surface area contributed by atoms with Crippen LogP contribution in [0.1, 0.15) is 28.8 Å². The van der Waals surface area contributed by atoms with Gasteiger partial charge < -0.3 is 19.3 Å². The number of hydrogen-bond donors (Lipinski definition) is 1. The Kier molecular flexibility index (Phi) is 6.63. The summed E-state index contributed by atoms with van der Waals surface area (Å²) in [4.78, 5) is 25.6. The fourth-order valence-electron chi connectivity index (χ4n) is 3.28. The van der Waals surface area contributed by atoms with E-state index in [4.69, 9.17) is 14.0 Å². The van der Waals surface area contributed by atoms with Gasteiger partial charge in [-0.1, -0.05) is 18.1 Å². The number of amides is 1. The summed E-state index contributed by atoms with van der Waals surface area (Å²) in [7, 11) is 3.18. The van der Waals surface area contributed by atoms with Crippen LogP contribution in [-0.4, -0.2) is 51.3 Å². The number of aryl methyl sites for hydroxylation is 1. The molecule has 0 aliphatic carbocycles. The highest BCUT2D eigenvalue weighted by atomic mass is 16.5. The third kappa shape index (κ3) is 4.84. The Morgan fingerprint density at radius 1 is 1.15 bits per heavy atom. The monoisotopic (exact) mass is 448 g/mol. The van der Waals surface area contributed by atoms with Crippen LogP contribution in [0.4, 0.5) is 0 Å². The number of carbonyl (C=O) groups is 1. The third-order valence-corrected chi connectivity index (χ3v) is 5.01. The summed E-state index contributed by atoms with van der Waals surface area (Å²) in [6.07, 6.45) is 6.10. The zero-order valence-corrected chi connectivity index (χ0v) is 18.6. The Hall–Kier alpha value is -4.21. The van der Waals surface area contributed by atoms with Crippen molar-refractivity contribution in [3.63, 3.8) is 0 Å². The normalized spacial score (nSPS) is 10.8. The highest BCUT2D eigenvalue weighted by Crippen LogP contribution is 2.27. The van der Waals surface area contributed by atoms with Gasteiger partial charge in [-0.25, -0.2) is 9.97 Å². The number of imidazole rings is 1. The first kappa shape index (κ1) is 22.0. The second-order valence-electron chi connectivity index (χ2n) is 7.11. The molecule has 0 radical (unpaired) electrons. The number of aromatic nitrogens is 5. The molecule has 0 saturated carbocycles. The molecule has 1 amide bonds. The van der Waals surface area contributed by atoms with Crippen LogP contribution in [0, 0.1) is 0 Å². The highest BCUT2D eigenvalue weighted by molar-refractivity contribution is 5.92. The van der Waals surface area contributed by atoms with E-state index in [9.17, 15) is 4.79 Å². The molecule has 1 N–H and O–H groups in total. The molecule has 1 aromatic carbocycles. The lowest BCUT2D eigenvalue weighted by molar-refractivity contribution is 0.0949. The van der Waals surface area contributed by atoms with Gasteiger partial charge in [-0.3, -0.25) is 9.36 Å². The van der Waals surface area contributed by atoms with Crippen molar-refractivity contribution >= 4 is 5.91 Å². The van der Waals surface area contributed by atoms with Gasteiger partial charge >= 0.3 is 0 Å². The third-order valence-electron chi connectivity index (χ3n) is 5.01. The zero-order chi connectivity index (χ0) is 23.2. The van der Waals surface area contributed by atoms with Crippen LogP contribution in [0.5, 0.6) is 11.5 Å². The lowest BCUT2D eigenvalue weighted by Crippen LogP contribution is -2.26. The molecule has 0 aliphatic rings. The predicted octanol–water partition coefficient (Wildman–Crippen LogP) is 2.87. The minimum Gasteiger partial charge on any atom is -0.493 e. The minimum atomic E-state index is -0.280. The van der Waals surface area contributed by atoms with E-state index in [0.717, 1.165) is 5.56 Å². The lowest BCUT2D eigenvalue weighted by Gasteiger charge is -2.09. The summed E-state index contributed by atoms with van der Waals surface area (Å²) in [5, 5.41) is 6.83. The van der Waals surface area contributed by atoms with E-state index in [2.05, 4.69) is 25.4 Å². The van der Waals surface area contributed by atoms with E-state index in [1.165, 1.54) is 6.33 Å². The second kappa shape index (κ2) is 9.94. The molecule has 10 heteroatoms. The highest BCUT2D eigenvalue weighted by Gasteiger charge is 2.17. The molecule has 0 spiro atoms. The number of hydrogen-bond acceptors (Lipinski definition) is 8. The summed E-state index contributed by atoms with van der Waals surface area (Å²) in [6.45, 7) is 2.39. The predicted molar refractivity (Wildman–Crippen MR) is 120 cm³/mol. The van der Waals surface area contributed by atoms with Crippen LogP contribution in [0.25, 0.3) is 17.3 Å². The van der Waals surface area contributed by atoms with Gasteiger partial charge in [-0.15, -0.1) is 0 Å². The van der Waals surface area contributed by atoms with Crippen molar-refractivity contribution in [1.82, 2.24) is 30.0 Å². The topological polar surface area (TPSA) is 117 Å². The number of carbonyl (C=O) groups excluding carboxylic acids is 1. The molecular weight excluding hydrogens is 424 g/mol. The van der Waals surface area contributed by atoms with Gasteiger partial charge in [0.25, 0.3) is 11.8 Å². The molecule has 10 nitrogen and oxygen atoms in total. The largest absolute Gasteiger partial charge is 0.493 e. The first-order valence-electron chi connectivity index (χ1n) is 10.4. The Balaban J connectivity index is 1.43. The van der Waals surface area contributed by atoms with Crippen LogP contribution in [0.15, 0.2) is 53.6 Å². The van der Waals surface area contributed by atoms with Gasteiger partial charge in [-0.2, -0.15) is 4.98 Å². The minimum absolute atomic E-state index is 0.277. The number of pyridine rings is 1. The molecule has 0 unspecified atom stereocenters. The van der Waals surface area contributed by atoms with Gasteiger partial charge in [0, 0.05) is 25.4 Å². The maximum absolute atomic E-state index is 12.6. The molecule has 4 rings (SSSR count). The maximum atomic E-state index is 12.6. The van der Waals surface area contributed by atoms with Crippen LogP contribution in [0.2, 0.25) is 0 Å². The van der Waals surface area contributed by atoms with Crippen molar-refractivity contribution in [3.8, 4) is 28.8 Å². The second-order valence-corrected chi connectivity index (χ2v) is 7.11. The SMILES string of the molecule is CCc1noc(-c2cccnc2-n2cnc(C(=O)NCCc3ccc(OC)c(OC)c3)c2)n1. The summed E-state index contributed by atoms with van der Waals surface area (Å²) in [5.41, 5.74) is 1.95. The average molecular weight is 448 g/mol. The van der Waals surface area contributed by atoms with Crippen LogP contribution < -0.4 is 14.8 Å². The molecule has 3 heterocycles. The van der Waals surface area contributed by atoms with Crippen molar-refractivity contribution < 1.29 is 18.8 Å². The van der Waals surface area contributed by atoms with Gasteiger partial charge in [0.15, 0.2) is 23.1 Å². The number of methoxy groups -OCH3 is 2. The molecule has 4 aromatic rings. The molecule has 0 aliphatic heterocycles. The van der Waals surface area contributed by atoms with Gasteiger partial charge in [0.05, 0.1) is 19.8 Å². The molecule has 170 valence electrons. The lowest BCUT2D eigenvalue weighted by atomic mass is 10.1. The smallest absolute Gasteiger partial charge is 0.271 e. The van der Waals surface area contributed by atoms with Crippen LogP contribution in [-0.2, 0) is 12.8 Å². The molecule has 3 aromatic heterocycles. The first-order valence-corrected chi connectivity index (χ1v) is 10.4. The Bertz CT molecular complexity index is 1250. The molecule has 0 fully saturated rings. The van der Waals surface area contributed by atoms with Crippen molar-refractivity contribution in [1.29, 1.82) is 0 Å². The average Bonchev–Trinajstić information content (AvgIpc) is 3.54. The molecule has 0 saturated heterocycles. The van der Waals surface area contributed by atoms with E-state index in [0.29, 0.717) is 54.0 Å². The Morgan fingerprint density at radius 3 is 2.76 bits per heavy atom. The summed E-state index contributed by atoms with van der Waals surface area (Å²) < 4.78 is 17.6. The molecule has 0 atom stereocenters.